The third-order valence-electron chi connectivity index (χ3n) is 2.61. The summed E-state index contributed by atoms with van der Waals surface area (Å²) in [5.74, 6) is -0.496. The SMILES string of the molecule is CC(C)(CN1CCC(=O)CC1)C(=O)O. The minimum Gasteiger partial charge on any atom is -0.481 e. The van der Waals surface area contributed by atoms with Gasteiger partial charge in [-0.05, 0) is 13.8 Å². The second kappa shape index (κ2) is 4.09. The van der Waals surface area contributed by atoms with Crippen LogP contribution in [0.4, 0.5) is 0 Å². The standard InChI is InChI=1S/C10H17NO3/c1-10(2,9(13)14)7-11-5-3-8(12)4-6-11/h3-7H2,1-2H3,(H,13,14). The van der Waals surface area contributed by atoms with Gasteiger partial charge in [0.1, 0.15) is 5.78 Å². The van der Waals surface area contributed by atoms with E-state index in [0.717, 1.165) is 0 Å². The van der Waals surface area contributed by atoms with Gasteiger partial charge in [-0.1, -0.05) is 0 Å². The lowest BCUT2D eigenvalue weighted by Crippen LogP contribution is -2.43. The van der Waals surface area contributed by atoms with E-state index in [-0.39, 0.29) is 5.78 Å². The van der Waals surface area contributed by atoms with Gasteiger partial charge in [0.25, 0.3) is 0 Å². The van der Waals surface area contributed by atoms with Crippen molar-refractivity contribution in [3.63, 3.8) is 0 Å². The van der Waals surface area contributed by atoms with Crippen LogP contribution in [0.3, 0.4) is 0 Å². The van der Waals surface area contributed by atoms with Gasteiger partial charge in [-0.15, -0.1) is 0 Å². The maximum absolute atomic E-state index is 11.0. The average molecular weight is 199 g/mol. The van der Waals surface area contributed by atoms with E-state index in [2.05, 4.69) is 4.90 Å². The largest absolute Gasteiger partial charge is 0.481 e. The van der Waals surface area contributed by atoms with Crippen LogP contribution in [0.15, 0.2) is 0 Å². The molecule has 0 spiro atoms. The highest BCUT2D eigenvalue weighted by atomic mass is 16.4. The van der Waals surface area contributed by atoms with Crippen molar-refractivity contribution in [1.82, 2.24) is 4.90 Å². The normalized spacial score (nSPS) is 19.7. The number of piperidine rings is 1. The Hall–Kier alpha value is -0.900. The third kappa shape index (κ3) is 2.80. The van der Waals surface area contributed by atoms with E-state index in [1.54, 1.807) is 13.8 Å². The van der Waals surface area contributed by atoms with Crippen molar-refractivity contribution < 1.29 is 14.7 Å². The lowest BCUT2D eigenvalue weighted by Gasteiger charge is -2.31. The number of aliphatic carboxylic acids is 1. The molecule has 1 saturated heterocycles. The first-order chi connectivity index (χ1) is 6.42. The smallest absolute Gasteiger partial charge is 0.310 e. The Morgan fingerprint density at radius 3 is 2.36 bits per heavy atom. The van der Waals surface area contributed by atoms with E-state index in [4.69, 9.17) is 5.11 Å². The lowest BCUT2D eigenvalue weighted by atomic mass is 9.92. The molecule has 1 rings (SSSR count). The zero-order chi connectivity index (χ0) is 10.8. The molecule has 1 fully saturated rings. The fourth-order valence-corrected chi connectivity index (χ4v) is 1.59. The summed E-state index contributed by atoms with van der Waals surface area (Å²) in [4.78, 5) is 23.9. The van der Waals surface area contributed by atoms with Crippen molar-refractivity contribution in [2.75, 3.05) is 19.6 Å². The summed E-state index contributed by atoms with van der Waals surface area (Å²) >= 11 is 0. The number of hydrogen-bond donors (Lipinski definition) is 1. The van der Waals surface area contributed by atoms with Crippen LogP contribution in [0.1, 0.15) is 26.7 Å². The van der Waals surface area contributed by atoms with Crippen LogP contribution >= 0.6 is 0 Å². The summed E-state index contributed by atoms with van der Waals surface area (Å²) in [5.41, 5.74) is -0.722. The number of carboxylic acid groups (broad SMARTS) is 1. The molecule has 1 heterocycles. The Kier molecular flexibility index (Phi) is 3.26. The van der Waals surface area contributed by atoms with Crippen LogP contribution in [0, 0.1) is 5.41 Å². The van der Waals surface area contributed by atoms with Gasteiger partial charge in [0, 0.05) is 32.5 Å². The number of carbonyl (C=O) groups is 2. The number of carbonyl (C=O) groups excluding carboxylic acids is 1. The first-order valence-corrected chi connectivity index (χ1v) is 4.89. The summed E-state index contributed by atoms with van der Waals surface area (Å²) < 4.78 is 0. The monoisotopic (exact) mass is 199 g/mol. The molecule has 4 heteroatoms. The predicted octanol–water partition coefficient (Wildman–Crippen LogP) is 0.762. The Bertz CT molecular complexity index is 238. The summed E-state index contributed by atoms with van der Waals surface area (Å²) in [6.07, 6.45) is 1.13. The van der Waals surface area contributed by atoms with Gasteiger partial charge < -0.3 is 10.0 Å². The third-order valence-corrected chi connectivity index (χ3v) is 2.61. The van der Waals surface area contributed by atoms with Crippen molar-refractivity contribution >= 4 is 11.8 Å². The van der Waals surface area contributed by atoms with E-state index >= 15 is 0 Å². The number of carboxylic acids is 1. The second-order valence-corrected chi connectivity index (χ2v) is 4.50. The van der Waals surface area contributed by atoms with Crippen molar-refractivity contribution in [3.8, 4) is 0 Å². The second-order valence-electron chi connectivity index (χ2n) is 4.50. The maximum atomic E-state index is 11.0. The Morgan fingerprint density at radius 1 is 1.43 bits per heavy atom. The van der Waals surface area contributed by atoms with Gasteiger partial charge in [-0.3, -0.25) is 9.59 Å². The highest BCUT2D eigenvalue weighted by Gasteiger charge is 2.30. The van der Waals surface area contributed by atoms with Crippen LogP contribution in [0.5, 0.6) is 0 Å². The maximum Gasteiger partial charge on any atom is 0.310 e. The molecule has 0 aliphatic carbocycles. The molecule has 0 bridgehead atoms. The minimum absolute atomic E-state index is 0.286. The fourth-order valence-electron chi connectivity index (χ4n) is 1.59. The number of Topliss-reactive ketones (excluding diaryl/α,β-unsaturated/α-hetero) is 1. The van der Waals surface area contributed by atoms with Gasteiger partial charge in [0.2, 0.25) is 0 Å². The summed E-state index contributed by atoms with van der Waals surface area (Å²) in [7, 11) is 0. The summed E-state index contributed by atoms with van der Waals surface area (Å²) in [5, 5.41) is 8.93. The zero-order valence-corrected chi connectivity index (χ0v) is 8.75. The summed E-state index contributed by atoms with van der Waals surface area (Å²) in [6, 6.07) is 0. The van der Waals surface area contributed by atoms with Crippen LogP contribution < -0.4 is 0 Å². The highest BCUT2D eigenvalue weighted by Crippen LogP contribution is 2.19. The molecule has 0 aromatic rings. The van der Waals surface area contributed by atoms with Gasteiger partial charge in [0.15, 0.2) is 0 Å². The first-order valence-electron chi connectivity index (χ1n) is 4.89. The summed E-state index contributed by atoms with van der Waals surface area (Å²) in [6.45, 7) is 5.36. The molecule has 1 aliphatic rings. The minimum atomic E-state index is -0.783. The number of hydrogen-bond acceptors (Lipinski definition) is 3. The van der Waals surface area contributed by atoms with Crippen LogP contribution in [-0.4, -0.2) is 41.4 Å². The molecule has 0 atom stereocenters. The molecule has 0 aromatic heterocycles. The number of rotatable bonds is 3. The van der Waals surface area contributed by atoms with Crippen molar-refractivity contribution in [3.05, 3.63) is 0 Å². The molecule has 4 nitrogen and oxygen atoms in total. The molecule has 0 unspecified atom stereocenters. The molecule has 14 heavy (non-hydrogen) atoms. The van der Waals surface area contributed by atoms with E-state index in [0.29, 0.717) is 32.5 Å². The van der Waals surface area contributed by atoms with E-state index in [1.807, 2.05) is 0 Å². The molecule has 0 radical (unpaired) electrons. The fraction of sp³-hybridized carbons (Fsp3) is 0.800. The zero-order valence-electron chi connectivity index (χ0n) is 8.75. The first kappa shape index (κ1) is 11.2. The average Bonchev–Trinajstić information content (AvgIpc) is 2.08. The van der Waals surface area contributed by atoms with Gasteiger partial charge in [0.05, 0.1) is 5.41 Å². The molecular formula is C10H17NO3. The van der Waals surface area contributed by atoms with Crippen LogP contribution in [0.25, 0.3) is 0 Å². The Labute approximate surface area is 83.9 Å². The molecule has 0 amide bonds. The van der Waals surface area contributed by atoms with Crippen molar-refractivity contribution in [2.45, 2.75) is 26.7 Å². The van der Waals surface area contributed by atoms with Crippen LogP contribution in [-0.2, 0) is 9.59 Å². The van der Waals surface area contributed by atoms with Gasteiger partial charge >= 0.3 is 5.97 Å². The van der Waals surface area contributed by atoms with Gasteiger partial charge in [-0.2, -0.15) is 0 Å². The highest BCUT2D eigenvalue weighted by molar-refractivity contribution is 5.79. The van der Waals surface area contributed by atoms with Crippen LogP contribution in [0.2, 0.25) is 0 Å². The topological polar surface area (TPSA) is 57.6 Å². The number of likely N-dealkylation sites (tertiary alicyclic amines) is 1. The van der Waals surface area contributed by atoms with Crippen molar-refractivity contribution in [2.24, 2.45) is 5.41 Å². The molecule has 1 N–H and O–H groups in total. The lowest BCUT2D eigenvalue weighted by molar-refractivity contribution is -0.148. The molecule has 80 valence electrons. The molecular weight excluding hydrogens is 182 g/mol. The van der Waals surface area contributed by atoms with E-state index in [1.165, 1.54) is 0 Å². The van der Waals surface area contributed by atoms with Crippen molar-refractivity contribution in [1.29, 1.82) is 0 Å². The molecule has 0 saturated carbocycles. The molecule has 1 aliphatic heterocycles. The number of ketones is 1. The Morgan fingerprint density at radius 2 is 1.93 bits per heavy atom. The quantitative estimate of drug-likeness (QED) is 0.729. The van der Waals surface area contributed by atoms with Gasteiger partial charge in [-0.25, -0.2) is 0 Å². The Balaban J connectivity index is 2.45. The number of nitrogens with zero attached hydrogens (tertiary/aromatic N) is 1. The van der Waals surface area contributed by atoms with E-state index in [9.17, 15) is 9.59 Å². The molecule has 0 aromatic carbocycles. The predicted molar refractivity (Wildman–Crippen MR) is 52.1 cm³/mol. The van der Waals surface area contributed by atoms with E-state index < -0.39 is 11.4 Å².